The van der Waals surface area contributed by atoms with E-state index >= 15 is 0 Å². The molecule has 1 fully saturated rings. The van der Waals surface area contributed by atoms with Crippen LogP contribution in [0.3, 0.4) is 0 Å². The number of aromatic nitrogens is 2. The van der Waals surface area contributed by atoms with Crippen molar-refractivity contribution in [2.24, 2.45) is 5.41 Å². The van der Waals surface area contributed by atoms with E-state index in [1.807, 2.05) is 11.6 Å². The fraction of sp³-hybridized carbons (Fsp3) is 0.727. The van der Waals surface area contributed by atoms with Gasteiger partial charge in [0.1, 0.15) is 11.8 Å². The second-order valence-corrected chi connectivity index (χ2v) is 4.47. The Morgan fingerprint density at radius 1 is 1.67 bits per heavy atom. The lowest BCUT2D eigenvalue weighted by molar-refractivity contribution is 0.0914. The number of aliphatic hydroxyl groups excluding tert-OH is 1. The number of aryl methyl sites for hydroxylation is 1. The predicted molar refractivity (Wildman–Crippen MR) is 56.8 cm³/mol. The molecule has 1 atom stereocenters. The van der Waals surface area contributed by atoms with Crippen LogP contribution in [0.2, 0.25) is 0 Å². The topological polar surface area (TPSA) is 47.3 Å². The Labute approximate surface area is 89.9 Å². The molecule has 1 saturated carbocycles. The maximum Gasteiger partial charge on any atom is 0.162 e. The third kappa shape index (κ3) is 1.63. The van der Waals surface area contributed by atoms with Crippen molar-refractivity contribution in [2.45, 2.75) is 39.3 Å². The first-order valence-corrected chi connectivity index (χ1v) is 5.40. The number of rotatable bonds is 4. The van der Waals surface area contributed by atoms with Crippen molar-refractivity contribution >= 4 is 0 Å². The molecule has 1 aromatic heterocycles. The molecule has 0 aliphatic heterocycles. The molecule has 2 rings (SSSR count). The zero-order valence-corrected chi connectivity index (χ0v) is 9.53. The Bertz CT molecular complexity index is 334. The maximum absolute atomic E-state index is 10.3. The van der Waals surface area contributed by atoms with Crippen LogP contribution in [0.1, 0.15) is 38.5 Å². The molecule has 1 aliphatic rings. The summed E-state index contributed by atoms with van der Waals surface area (Å²) < 4.78 is 7.04. The van der Waals surface area contributed by atoms with E-state index in [-0.39, 0.29) is 5.41 Å². The van der Waals surface area contributed by atoms with Gasteiger partial charge in [0, 0.05) is 6.54 Å². The molecule has 15 heavy (non-hydrogen) atoms. The van der Waals surface area contributed by atoms with Crippen molar-refractivity contribution in [1.82, 2.24) is 9.78 Å². The number of hydrogen-bond acceptors (Lipinski definition) is 3. The summed E-state index contributed by atoms with van der Waals surface area (Å²) in [6.07, 6.45) is 3.36. The van der Waals surface area contributed by atoms with Crippen LogP contribution >= 0.6 is 0 Å². The molecule has 0 aromatic carbocycles. The van der Waals surface area contributed by atoms with Gasteiger partial charge in [-0.2, -0.15) is 5.10 Å². The third-order valence-electron chi connectivity index (χ3n) is 3.32. The summed E-state index contributed by atoms with van der Waals surface area (Å²) in [6.45, 7) is 4.87. The van der Waals surface area contributed by atoms with Gasteiger partial charge in [0.05, 0.1) is 13.3 Å². The van der Waals surface area contributed by atoms with Gasteiger partial charge in [0.15, 0.2) is 5.75 Å². The average Bonchev–Trinajstić information content (AvgIpc) is 2.85. The van der Waals surface area contributed by atoms with E-state index in [2.05, 4.69) is 12.0 Å². The summed E-state index contributed by atoms with van der Waals surface area (Å²) in [5.74, 6) is 0.692. The number of methoxy groups -OCH3 is 1. The zero-order valence-electron chi connectivity index (χ0n) is 9.53. The highest BCUT2D eigenvalue weighted by molar-refractivity contribution is 5.29. The summed E-state index contributed by atoms with van der Waals surface area (Å²) in [5.41, 5.74) is 0.847. The Morgan fingerprint density at radius 2 is 2.33 bits per heavy atom. The molecule has 4 heteroatoms. The minimum atomic E-state index is -0.463. The molecule has 1 N–H and O–H groups in total. The van der Waals surface area contributed by atoms with Crippen LogP contribution < -0.4 is 4.74 Å². The quantitative estimate of drug-likeness (QED) is 0.823. The minimum absolute atomic E-state index is 0.0280. The van der Waals surface area contributed by atoms with Gasteiger partial charge in [-0.05, 0) is 25.2 Å². The second-order valence-electron chi connectivity index (χ2n) is 4.47. The first-order valence-electron chi connectivity index (χ1n) is 5.40. The molecule has 0 saturated heterocycles. The van der Waals surface area contributed by atoms with E-state index in [9.17, 15) is 5.11 Å². The van der Waals surface area contributed by atoms with Gasteiger partial charge in [-0.25, -0.2) is 0 Å². The molecule has 0 spiro atoms. The summed E-state index contributed by atoms with van der Waals surface area (Å²) in [5, 5.41) is 14.5. The van der Waals surface area contributed by atoms with Crippen LogP contribution in [0.4, 0.5) is 0 Å². The Morgan fingerprint density at radius 3 is 2.80 bits per heavy atom. The van der Waals surface area contributed by atoms with Gasteiger partial charge in [-0.1, -0.05) is 6.92 Å². The van der Waals surface area contributed by atoms with Crippen LogP contribution in [0, 0.1) is 5.41 Å². The summed E-state index contributed by atoms with van der Waals surface area (Å²) >= 11 is 0. The molecule has 1 aliphatic carbocycles. The van der Waals surface area contributed by atoms with E-state index in [0.29, 0.717) is 5.75 Å². The highest BCUT2D eigenvalue weighted by Crippen LogP contribution is 2.55. The molecule has 1 unspecified atom stereocenters. The fourth-order valence-electron chi connectivity index (χ4n) is 1.86. The van der Waals surface area contributed by atoms with Crippen molar-refractivity contribution in [3.05, 3.63) is 11.9 Å². The monoisotopic (exact) mass is 210 g/mol. The van der Waals surface area contributed by atoms with E-state index in [1.165, 1.54) is 0 Å². The first-order chi connectivity index (χ1) is 7.12. The van der Waals surface area contributed by atoms with Crippen molar-refractivity contribution in [2.75, 3.05) is 7.11 Å². The van der Waals surface area contributed by atoms with Crippen LogP contribution in [0.25, 0.3) is 0 Å². The summed E-state index contributed by atoms with van der Waals surface area (Å²) in [4.78, 5) is 0. The van der Waals surface area contributed by atoms with E-state index in [4.69, 9.17) is 4.74 Å². The minimum Gasteiger partial charge on any atom is -0.493 e. The molecule has 4 nitrogen and oxygen atoms in total. The third-order valence-corrected chi connectivity index (χ3v) is 3.32. The van der Waals surface area contributed by atoms with Gasteiger partial charge in [0.2, 0.25) is 0 Å². The van der Waals surface area contributed by atoms with E-state index in [0.717, 1.165) is 25.1 Å². The molecule has 1 aromatic rings. The molecule has 0 bridgehead atoms. The largest absolute Gasteiger partial charge is 0.493 e. The van der Waals surface area contributed by atoms with Gasteiger partial charge in [0.25, 0.3) is 0 Å². The van der Waals surface area contributed by atoms with Crippen molar-refractivity contribution in [3.8, 4) is 5.75 Å². The molecule has 84 valence electrons. The van der Waals surface area contributed by atoms with Gasteiger partial charge in [-0.3, -0.25) is 4.68 Å². The molecular formula is C11H18N2O2. The molecule has 1 heterocycles. The van der Waals surface area contributed by atoms with Gasteiger partial charge in [-0.15, -0.1) is 0 Å². The normalized spacial score (nSPS) is 20.0. The number of aliphatic hydroxyl groups is 1. The van der Waals surface area contributed by atoms with E-state index < -0.39 is 6.10 Å². The lowest BCUT2D eigenvalue weighted by atomic mass is 9.98. The number of ether oxygens (including phenoxy) is 1. The molecule has 0 radical (unpaired) electrons. The number of hydrogen-bond donors (Lipinski definition) is 1. The van der Waals surface area contributed by atoms with Crippen LogP contribution in [0.5, 0.6) is 5.75 Å². The predicted octanol–water partition coefficient (Wildman–Crippen LogP) is 1.75. The smallest absolute Gasteiger partial charge is 0.162 e. The van der Waals surface area contributed by atoms with Crippen molar-refractivity contribution in [3.63, 3.8) is 0 Å². The maximum atomic E-state index is 10.3. The van der Waals surface area contributed by atoms with Crippen LogP contribution in [-0.4, -0.2) is 22.0 Å². The summed E-state index contributed by atoms with van der Waals surface area (Å²) in [7, 11) is 1.61. The zero-order chi connectivity index (χ0) is 11.1. The lowest BCUT2D eigenvalue weighted by Crippen LogP contribution is -2.16. The van der Waals surface area contributed by atoms with Crippen LogP contribution in [0.15, 0.2) is 6.20 Å². The Balaban J connectivity index is 2.35. The number of nitrogens with zero attached hydrogens (tertiary/aromatic N) is 2. The standard InChI is InChI=1S/C11H18N2O2/c1-4-13-9(8(15-3)7-12-13)10(14)11(2)5-6-11/h7,10,14H,4-6H2,1-3H3. The fourth-order valence-corrected chi connectivity index (χ4v) is 1.86. The van der Waals surface area contributed by atoms with E-state index in [1.54, 1.807) is 13.3 Å². The van der Waals surface area contributed by atoms with Gasteiger partial charge < -0.3 is 9.84 Å². The molecule has 0 amide bonds. The Kier molecular flexibility index (Phi) is 2.46. The summed E-state index contributed by atoms with van der Waals surface area (Å²) in [6, 6.07) is 0. The lowest BCUT2D eigenvalue weighted by Gasteiger charge is -2.19. The second kappa shape index (κ2) is 3.52. The highest BCUT2D eigenvalue weighted by Gasteiger charge is 2.47. The molecular weight excluding hydrogens is 192 g/mol. The van der Waals surface area contributed by atoms with Crippen molar-refractivity contribution < 1.29 is 9.84 Å². The SMILES string of the molecule is CCn1ncc(OC)c1C(O)C1(C)CC1. The average molecular weight is 210 g/mol. The van der Waals surface area contributed by atoms with Gasteiger partial charge >= 0.3 is 0 Å². The Hall–Kier alpha value is -1.03. The first kappa shape index (κ1) is 10.5. The van der Waals surface area contributed by atoms with Crippen LogP contribution in [-0.2, 0) is 6.54 Å². The van der Waals surface area contributed by atoms with Crippen molar-refractivity contribution in [1.29, 1.82) is 0 Å². The highest BCUT2D eigenvalue weighted by atomic mass is 16.5.